The second-order valence-corrected chi connectivity index (χ2v) is 5.70. The number of hydrogen-bond acceptors (Lipinski definition) is 4. The summed E-state index contributed by atoms with van der Waals surface area (Å²) in [7, 11) is 0. The van der Waals surface area contributed by atoms with Crippen LogP contribution in [0.4, 0.5) is 0 Å². The van der Waals surface area contributed by atoms with Crippen LogP contribution in [-0.2, 0) is 4.74 Å². The molecule has 0 radical (unpaired) electrons. The van der Waals surface area contributed by atoms with Gasteiger partial charge >= 0.3 is 0 Å². The summed E-state index contributed by atoms with van der Waals surface area (Å²) >= 11 is 2.15. The topological polar surface area (TPSA) is 24.5 Å². The van der Waals surface area contributed by atoms with E-state index >= 15 is 0 Å². The molecule has 4 heteroatoms. The Kier molecular flexibility index (Phi) is 5.26. The number of piperidine rings is 1. The predicted octanol–water partition coefficient (Wildman–Crippen LogP) is 0.804. The van der Waals surface area contributed by atoms with Gasteiger partial charge in [-0.3, -0.25) is 4.90 Å². The number of rotatable bonds is 4. The number of thioether (sulfide) groups is 1. The van der Waals surface area contributed by atoms with Gasteiger partial charge in [-0.25, -0.2) is 0 Å². The Hall–Kier alpha value is 0.230. The summed E-state index contributed by atoms with van der Waals surface area (Å²) in [6.45, 7) is 7.79. The average Bonchev–Trinajstić information content (AvgIpc) is 2.32. The van der Waals surface area contributed by atoms with Crippen molar-refractivity contribution < 1.29 is 4.74 Å². The third-order valence-corrected chi connectivity index (χ3v) is 4.41. The summed E-state index contributed by atoms with van der Waals surface area (Å²) < 4.78 is 5.34. The third-order valence-electron chi connectivity index (χ3n) is 3.12. The first-order valence-corrected chi connectivity index (χ1v) is 7.12. The SMILES string of the molecule is C1CNCC(SCCN2CCOCC2)C1. The molecule has 1 atom stereocenters. The molecule has 3 nitrogen and oxygen atoms in total. The summed E-state index contributed by atoms with van der Waals surface area (Å²) in [6.07, 6.45) is 2.76. The van der Waals surface area contributed by atoms with Gasteiger partial charge in [0.1, 0.15) is 0 Å². The first-order chi connectivity index (χ1) is 7.45. The van der Waals surface area contributed by atoms with Crippen molar-refractivity contribution >= 4 is 11.8 Å². The fourth-order valence-electron chi connectivity index (χ4n) is 2.14. The summed E-state index contributed by atoms with van der Waals surface area (Å²) in [5.41, 5.74) is 0. The zero-order chi connectivity index (χ0) is 10.3. The van der Waals surface area contributed by atoms with Crippen LogP contribution in [0.5, 0.6) is 0 Å². The first kappa shape index (κ1) is 11.7. The lowest BCUT2D eigenvalue weighted by molar-refractivity contribution is 0.0410. The number of nitrogens with zero attached hydrogens (tertiary/aromatic N) is 1. The van der Waals surface area contributed by atoms with E-state index in [0.29, 0.717) is 0 Å². The highest BCUT2D eigenvalue weighted by Gasteiger charge is 2.14. The zero-order valence-electron chi connectivity index (χ0n) is 9.41. The molecule has 0 spiro atoms. The van der Waals surface area contributed by atoms with E-state index in [2.05, 4.69) is 22.0 Å². The van der Waals surface area contributed by atoms with Crippen molar-refractivity contribution in [1.82, 2.24) is 10.2 Å². The molecule has 1 N–H and O–H groups in total. The molecule has 2 rings (SSSR count). The van der Waals surface area contributed by atoms with Gasteiger partial charge in [0.2, 0.25) is 0 Å². The minimum atomic E-state index is 0.861. The van der Waals surface area contributed by atoms with Gasteiger partial charge in [0, 0.05) is 37.2 Å². The molecule has 2 saturated heterocycles. The smallest absolute Gasteiger partial charge is 0.0594 e. The lowest BCUT2D eigenvalue weighted by Crippen LogP contribution is -2.38. The second kappa shape index (κ2) is 6.74. The van der Waals surface area contributed by atoms with E-state index in [1.807, 2.05) is 0 Å². The van der Waals surface area contributed by atoms with Gasteiger partial charge in [-0.05, 0) is 19.4 Å². The number of ether oxygens (including phenoxy) is 1. The molecule has 2 fully saturated rings. The maximum Gasteiger partial charge on any atom is 0.0594 e. The van der Waals surface area contributed by atoms with Gasteiger partial charge in [-0.1, -0.05) is 0 Å². The Morgan fingerprint density at radius 3 is 2.93 bits per heavy atom. The lowest BCUT2D eigenvalue weighted by Gasteiger charge is -2.28. The van der Waals surface area contributed by atoms with Crippen LogP contribution in [0, 0.1) is 0 Å². The zero-order valence-corrected chi connectivity index (χ0v) is 10.2. The Morgan fingerprint density at radius 2 is 2.20 bits per heavy atom. The Balaban J connectivity index is 1.53. The van der Waals surface area contributed by atoms with Crippen LogP contribution in [0.15, 0.2) is 0 Å². The molecule has 2 aliphatic rings. The molecule has 0 bridgehead atoms. The van der Waals surface area contributed by atoms with Crippen molar-refractivity contribution in [3.8, 4) is 0 Å². The molecule has 0 amide bonds. The first-order valence-electron chi connectivity index (χ1n) is 6.07. The van der Waals surface area contributed by atoms with E-state index in [1.54, 1.807) is 0 Å². The minimum absolute atomic E-state index is 0.861. The summed E-state index contributed by atoms with van der Waals surface area (Å²) in [5.74, 6) is 1.28. The van der Waals surface area contributed by atoms with Gasteiger partial charge in [0.15, 0.2) is 0 Å². The van der Waals surface area contributed by atoms with Crippen LogP contribution in [0.3, 0.4) is 0 Å². The fraction of sp³-hybridized carbons (Fsp3) is 1.00. The van der Waals surface area contributed by atoms with Crippen LogP contribution in [0.2, 0.25) is 0 Å². The lowest BCUT2D eigenvalue weighted by atomic mass is 10.2. The van der Waals surface area contributed by atoms with Gasteiger partial charge in [-0.15, -0.1) is 0 Å². The number of hydrogen-bond donors (Lipinski definition) is 1. The van der Waals surface area contributed by atoms with Crippen molar-refractivity contribution in [2.45, 2.75) is 18.1 Å². The minimum Gasteiger partial charge on any atom is -0.379 e. The Morgan fingerprint density at radius 1 is 1.33 bits per heavy atom. The predicted molar refractivity (Wildman–Crippen MR) is 65.6 cm³/mol. The number of morpholine rings is 1. The molecule has 88 valence electrons. The molecule has 2 heterocycles. The van der Waals surface area contributed by atoms with Crippen LogP contribution in [-0.4, -0.2) is 61.8 Å². The normalized spacial score (nSPS) is 29.2. The van der Waals surface area contributed by atoms with Crippen LogP contribution in [0.25, 0.3) is 0 Å². The highest BCUT2D eigenvalue weighted by Crippen LogP contribution is 2.18. The molecular formula is C11H22N2OS. The van der Waals surface area contributed by atoms with E-state index in [9.17, 15) is 0 Å². The highest BCUT2D eigenvalue weighted by molar-refractivity contribution is 7.99. The molecule has 15 heavy (non-hydrogen) atoms. The molecule has 0 saturated carbocycles. The fourth-order valence-corrected chi connectivity index (χ4v) is 3.40. The number of nitrogens with one attached hydrogen (secondary N) is 1. The van der Waals surface area contributed by atoms with E-state index in [0.717, 1.165) is 31.6 Å². The molecule has 0 aromatic rings. The van der Waals surface area contributed by atoms with Gasteiger partial charge < -0.3 is 10.1 Å². The standard InChI is InChI=1S/C11H22N2OS/c1-2-11(10-12-3-1)15-9-6-13-4-7-14-8-5-13/h11-12H,1-10H2. The quantitative estimate of drug-likeness (QED) is 0.772. The third kappa shape index (κ3) is 4.31. The summed E-state index contributed by atoms with van der Waals surface area (Å²) in [6, 6.07) is 0. The van der Waals surface area contributed by atoms with Crippen molar-refractivity contribution in [1.29, 1.82) is 0 Å². The molecular weight excluding hydrogens is 208 g/mol. The highest BCUT2D eigenvalue weighted by atomic mass is 32.2. The van der Waals surface area contributed by atoms with Crippen LogP contribution < -0.4 is 5.32 Å². The summed E-state index contributed by atoms with van der Waals surface area (Å²) in [4.78, 5) is 2.52. The molecule has 0 aromatic carbocycles. The van der Waals surface area contributed by atoms with E-state index in [-0.39, 0.29) is 0 Å². The van der Waals surface area contributed by atoms with Crippen molar-refractivity contribution in [3.05, 3.63) is 0 Å². The van der Waals surface area contributed by atoms with Gasteiger partial charge in [-0.2, -0.15) is 11.8 Å². The second-order valence-electron chi connectivity index (χ2n) is 4.29. The van der Waals surface area contributed by atoms with E-state index in [1.165, 1.54) is 38.2 Å². The van der Waals surface area contributed by atoms with Crippen LogP contribution in [0.1, 0.15) is 12.8 Å². The van der Waals surface area contributed by atoms with Crippen molar-refractivity contribution in [2.75, 3.05) is 51.7 Å². The van der Waals surface area contributed by atoms with E-state index < -0.39 is 0 Å². The molecule has 0 aliphatic carbocycles. The Bertz CT molecular complexity index is 150. The van der Waals surface area contributed by atoms with Crippen LogP contribution >= 0.6 is 11.8 Å². The summed E-state index contributed by atoms with van der Waals surface area (Å²) in [5, 5.41) is 4.33. The monoisotopic (exact) mass is 230 g/mol. The maximum atomic E-state index is 5.34. The van der Waals surface area contributed by atoms with Crippen molar-refractivity contribution in [3.63, 3.8) is 0 Å². The van der Waals surface area contributed by atoms with Gasteiger partial charge in [0.05, 0.1) is 13.2 Å². The molecule has 0 aromatic heterocycles. The molecule has 1 unspecified atom stereocenters. The van der Waals surface area contributed by atoms with E-state index in [4.69, 9.17) is 4.74 Å². The Labute approximate surface area is 96.9 Å². The van der Waals surface area contributed by atoms with Crippen molar-refractivity contribution in [2.24, 2.45) is 0 Å². The van der Waals surface area contributed by atoms with Gasteiger partial charge in [0.25, 0.3) is 0 Å². The largest absolute Gasteiger partial charge is 0.379 e. The molecule has 2 aliphatic heterocycles. The average molecular weight is 230 g/mol. The maximum absolute atomic E-state index is 5.34.